The minimum absolute atomic E-state index is 0.0284. The quantitative estimate of drug-likeness (QED) is 0.188. The normalized spacial score (nSPS) is 10.4. The number of hydrogen-bond donors (Lipinski definition) is 0. The maximum absolute atomic E-state index is 10.7. The molecule has 0 N–H and O–H groups in total. The van der Waals surface area contributed by atoms with Crippen molar-refractivity contribution in [3.05, 3.63) is 146 Å². The van der Waals surface area contributed by atoms with Gasteiger partial charge in [0.15, 0.2) is 0 Å². The van der Waals surface area contributed by atoms with Crippen LogP contribution >= 0.6 is 0 Å². The van der Waals surface area contributed by atoms with Crippen LogP contribution in [0.2, 0.25) is 0 Å². The Morgan fingerprint density at radius 3 is 1.35 bits per heavy atom. The van der Waals surface area contributed by atoms with E-state index < -0.39 is 5.92 Å². The van der Waals surface area contributed by atoms with E-state index in [0.29, 0.717) is 16.8 Å². The predicted molar refractivity (Wildman–Crippen MR) is 181 cm³/mol. The van der Waals surface area contributed by atoms with Gasteiger partial charge in [0.2, 0.25) is 5.78 Å². The largest absolute Gasteiger partial charge is 0.276 e. The summed E-state index contributed by atoms with van der Waals surface area (Å²) in [5, 5.41) is 82.0. The van der Waals surface area contributed by atoms with E-state index in [-0.39, 0.29) is 66.9 Å². The van der Waals surface area contributed by atoms with Gasteiger partial charge in [0, 0.05) is 5.92 Å². The molecule has 0 spiro atoms. The van der Waals surface area contributed by atoms with Crippen LogP contribution in [-0.2, 0) is 0 Å². The van der Waals surface area contributed by atoms with E-state index in [4.69, 9.17) is 4.98 Å². The standard InChI is InChI=1S/C40H15N11/c41-15-23-9-26(17-43)36(27(10-23)18-44)38(37-28(19-45)11-24(16-42)12-29(37)20-46)25-13-30(21-47)39(31(14-25)22-48)51-35-8-4-3-7-34(35)50-33-6-2-1-5-32(33)49-40(50)51/h1-14,38H. The van der Waals surface area contributed by atoms with E-state index in [9.17, 15) is 42.1 Å². The number of nitrogens with zero attached hydrogens (tertiary/aromatic N) is 11. The molecule has 0 fully saturated rings. The molecule has 11 nitrogen and oxygen atoms in total. The number of benzene rings is 5. The van der Waals surface area contributed by atoms with Crippen molar-refractivity contribution in [3.8, 4) is 54.2 Å². The van der Waals surface area contributed by atoms with Gasteiger partial charge in [-0.1, -0.05) is 24.3 Å². The number of hydrogen-bond acceptors (Lipinski definition) is 9. The number of aromatic nitrogens is 3. The summed E-state index contributed by atoms with van der Waals surface area (Å²) >= 11 is 0. The zero-order valence-electron chi connectivity index (χ0n) is 26.1. The summed E-state index contributed by atoms with van der Waals surface area (Å²) in [4.78, 5) is 4.87. The molecule has 0 aliphatic heterocycles. The SMILES string of the molecule is N#Cc1cc(C#N)c(C(c2cc(C#N)c(-n3c4ccccc4n4c5ccccc5nc34)c(C#N)c2)c2c(C#N)cc(C#N)cc2C#N)c(C#N)c1. The Morgan fingerprint density at radius 1 is 0.471 bits per heavy atom. The summed E-state index contributed by atoms with van der Waals surface area (Å²) in [7, 11) is 0. The second-order valence-electron chi connectivity index (χ2n) is 11.3. The lowest BCUT2D eigenvalue weighted by molar-refractivity contribution is 0.947. The van der Waals surface area contributed by atoms with Crippen LogP contribution in [0.1, 0.15) is 67.1 Å². The number of fused-ring (bicyclic) bond motifs is 5. The monoisotopic (exact) mass is 649 g/mol. The third-order valence-corrected chi connectivity index (χ3v) is 8.71. The maximum atomic E-state index is 10.7. The highest BCUT2D eigenvalue weighted by atomic mass is 15.2. The summed E-state index contributed by atoms with van der Waals surface area (Å²) in [5.41, 5.74) is 3.30. The van der Waals surface area contributed by atoms with Crippen molar-refractivity contribution >= 4 is 27.8 Å². The van der Waals surface area contributed by atoms with Gasteiger partial charge < -0.3 is 0 Å². The molecule has 0 unspecified atom stereocenters. The number of imidazole rings is 2. The van der Waals surface area contributed by atoms with Crippen molar-refractivity contribution in [2.45, 2.75) is 5.92 Å². The van der Waals surface area contributed by atoms with Crippen molar-refractivity contribution in [2.75, 3.05) is 0 Å². The Labute approximate surface area is 289 Å². The molecule has 0 bridgehead atoms. The van der Waals surface area contributed by atoms with Crippen LogP contribution in [0.15, 0.2) is 84.9 Å². The van der Waals surface area contributed by atoms with Gasteiger partial charge in [-0.2, -0.15) is 42.1 Å². The zero-order chi connectivity index (χ0) is 35.8. The molecule has 11 heteroatoms. The van der Waals surface area contributed by atoms with E-state index in [1.165, 1.54) is 36.4 Å². The molecule has 230 valence electrons. The Morgan fingerprint density at radius 2 is 0.902 bits per heavy atom. The topological polar surface area (TPSA) is 213 Å². The number of rotatable bonds is 4. The second kappa shape index (κ2) is 12.1. The van der Waals surface area contributed by atoms with Crippen LogP contribution in [0.4, 0.5) is 0 Å². The van der Waals surface area contributed by atoms with Crippen LogP contribution in [-0.4, -0.2) is 14.0 Å². The van der Waals surface area contributed by atoms with Gasteiger partial charge >= 0.3 is 0 Å². The highest BCUT2D eigenvalue weighted by Crippen LogP contribution is 2.42. The summed E-state index contributed by atoms with van der Waals surface area (Å²) < 4.78 is 3.67. The van der Waals surface area contributed by atoms with Gasteiger partial charge in [-0.05, 0) is 77.4 Å². The van der Waals surface area contributed by atoms with E-state index in [1.807, 2.05) is 89.3 Å². The van der Waals surface area contributed by atoms with Gasteiger partial charge in [0.1, 0.15) is 12.1 Å². The Bertz CT molecular complexity index is 2830. The van der Waals surface area contributed by atoms with E-state index >= 15 is 0 Å². The molecule has 7 aromatic rings. The summed E-state index contributed by atoms with van der Waals surface area (Å²) in [6, 6.07) is 39.6. The Kier molecular flexibility index (Phi) is 7.36. The first-order valence-electron chi connectivity index (χ1n) is 15.1. The molecule has 0 aliphatic rings. The zero-order valence-corrected chi connectivity index (χ0v) is 26.1. The summed E-state index contributed by atoms with van der Waals surface area (Å²) in [6.45, 7) is 0. The molecule has 51 heavy (non-hydrogen) atoms. The lowest BCUT2D eigenvalue weighted by atomic mass is 9.76. The average Bonchev–Trinajstić information content (AvgIpc) is 3.71. The van der Waals surface area contributed by atoms with Crippen molar-refractivity contribution in [2.24, 2.45) is 0 Å². The molecular formula is C40H15N11. The smallest absolute Gasteiger partial charge is 0.220 e. The van der Waals surface area contributed by atoms with Crippen LogP contribution in [0.25, 0.3) is 33.5 Å². The van der Waals surface area contributed by atoms with Crippen LogP contribution in [0.3, 0.4) is 0 Å². The minimum Gasteiger partial charge on any atom is -0.276 e. The molecule has 5 aromatic carbocycles. The fourth-order valence-electron chi connectivity index (χ4n) is 6.71. The summed E-state index contributed by atoms with van der Waals surface area (Å²) in [5.74, 6) is -0.797. The molecule has 0 aliphatic carbocycles. The van der Waals surface area contributed by atoms with Gasteiger partial charge in [0.25, 0.3) is 0 Å². The molecular weight excluding hydrogens is 635 g/mol. The van der Waals surface area contributed by atoms with Crippen LogP contribution in [0, 0.1) is 90.6 Å². The third kappa shape index (κ3) is 4.63. The lowest BCUT2D eigenvalue weighted by Gasteiger charge is -2.25. The first kappa shape index (κ1) is 30.9. The van der Waals surface area contributed by atoms with Crippen molar-refractivity contribution in [1.29, 1.82) is 42.1 Å². The van der Waals surface area contributed by atoms with E-state index in [2.05, 4.69) is 12.1 Å². The van der Waals surface area contributed by atoms with Crippen LogP contribution in [0.5, 0.6) is 0 Å². The minimum atomic E-state index is -1.25. The fraction of sp³-hybridized carbons (Fsp3) is 0.0250. The number of para-hydroxylation sites is 4. The third-order valence-electron chi connectivity index (χ3n) is 8.71. The number of nitriles is 8. The predicted octanol–water partition coefficient (Wildman–Crippen LogP) is 6.59. The molecule has 0 radical (unpaired) electrons. The molecule has 0 saturated heterocycles. The highest BCUT2D eigenvalue weighted by Gasteiger charge is 2.32. The molecule has 0 amide bonds. The van der Waals surface area contributed by atoms with Crippen molar-refractivity contribution < 1.29 is 0 Å². The fourth-order valence-corrected chi connectivity index (χ4v) is 6.71. The van der Waals surface area contributed by atoms with Crippen LogP contribution < -0.4 is 0 Å². The summed E-state index contributed by atoms with van der Waals surface area (Å²) in [6.07, 6.45) is 0. The Balaban J connectivity index is 1.63. The van der Waals surface area contributed by atoms with Gasteiger partial charge in [-0.25, -0.2) is 4.98 Å². The maximum Gasteiger partial charge on any atom is 0.220 e. The molecule has 0 atom stereocenters. The Hall–Kier alpha value is -8.71. The van der Waals surface area contributed by atoms with Gasteiger partial charge in [-0.3, -0.25) is 8.97 Å². The van der Waals surface area contributed by atoms with Gasteiger partial charge in [0.05, 0.1) is 109 Å². The van der Waals surface area contributed by atoms with Gasteiger partial charge in [-0.15, -0.1) is 0 Å². The average molecular weight is 650 g/mol. The second-order valence-corrected chi connectivity index (χ2v) is 11.3. The molecule has 2 heterocycles. The lowest BCUT2D eigenvalue weighted by Crippen LogP contribution is -2.14. The molecule has 7 rings (SSSR count). The van der Waals surface area contributed by atoms with Crippen molar-refractivity contribution in [1.82, 2.24) is 14.0 Å². The molecule has 0 saturated carbocycles. The van der Waals surface area contributed by atoms with E-state index in [1.54, 1.807) is 4.57 Å². The first-order valence-corrected chi connectivity index (χ1v) is 15.1. The van der Waals surface area contributed by atoms with Crippen molar-refractivity contribution in [3.63, 3.8) is 0 Å². The van der Waals surface area contributed by atoms with E-state index in [0.717, 1.165) is 11.0 Å². The highest BCUT2D eigenvalue weighted by molar-refractivity contribution is 5.93. The molecule has 2 aromatic heterocycles. The first-order chi connectivity index (χ1) is 24.9.